The second-order valence-corrected chi connectivity index (χ2v) is 5.14. The summed E-state index contributed by atoms with van der Waals surface area (Å²) in [5.41, 5.74) is 1.21. The van der Waals surface area contributed by atoms with Gasteiger partial charge < -0.3 is 9.15 Å². The first kappa shape index (κ1) is 16.3. The summed E-state index contributed by atoms with van der Waals surface area (Å²) >= 11 is 0. The van der Waals surface area contributed by atoms with Crippen LogP contribution in [0.5, 0.6) is 5.75 Å². The molecule has 1 heterocycles. The second-order valence-electron chi connectivity index (χ2n) is 5.14. The first-order valence-electron chi connectivity index (χ1n) is 7.51. The van der Waals surface area contributed by atoms with Crippen LogP contribution in [-0.2, 0) is 0 Å². The summed E-state index contributed by atoms with van der Waals surface area (Å²) < 4.78 is 10.2. The minimum absolute atomic E-state index is 0.111. The monoisotopic (exact) mass is 334 g/mol. The summed E-state index contributed by atoms with van der Waals surface area (Å²) in [5.74, 6) is -0.511. The van der Waals surface area contributed by atoms with Crippen molar-refractivity contribution in [3.05, 3.63) is 88.5 Å². The van der Waals surface area contributed by atoms with Crippen molar-refractivity contribution < 1.29 is 13.9 Å². The number of carbonyl (C=O) groups excluding carboxylic acids is 1. The Kier molecular flexibility index (Phi) is 4.80. The molecule has 3 aromatic rings. The van der Waals surface area contributed by atoms with Gasteiger partial charge in [0.1, 0.15) is 5.76 Å². The molecule has 0 unspecified atom stereocenters. The summed E-state index contributed by atoms with van der Waals surface area (Å²) in [6.07, 6.45) is 1.25. The molecule has 0 spiro atoms. The van der Waals surface area contributed by atoms with Gasteiger partial charge in [-0.25, -0.2) is 4.79 Å². The van der Waals surface area contributed by atoms with Crippen LogP contribution >= 0.6 is 0 Å². The zero-order valence-electron chi connectivity index (χ0n) is 13.4. The summed E-state index contributed by atoms with van der Waals surface area (Å²) in [6.45, 7) is 1.55. The van der Waals surface area contributed by atoms with Crippen molar-refractivity contribution in [3.8, 4) is 5.75 Å². The Morgan fingerprint density at radius 1 is 0.920 bits per heavy atom. The normalized spacial score (nSPS) is 10.8. The van der Waals surface area contributed by atoms with Crippen LogP contribution in [0.2, 0.25) is 0 Å². The molecule has 0 saturated heterocycles. The van der Waals surface area contributed by atoms with Gasteiger partial charge in [0.15, 0.2) is 0 Å². The van der Waals surface area contributed by atoms with E-state index in [0.717, 1.165) is 5.69 Å². The predicted octanol–water partition coefficient (Wildman–Crippen LogP) is 4.58. The summed E-state index contributed by atoms with van der Waals surface area (Å²) in [5, 5.41) is 8.19. The number of azo groups is 1. The first-order valence-corrected chi connectivity index (χ1v) is 7.51. The fourth-order valence-corrected chi connectivity index (χ4v) is 2.05. The zero-order chi connectivity index (χ0) is 17.6. The van der Waals surface area contributed by atoms with Gasteiger partial charge in [0.2, 0.25) is 11.2 Å². The quantitative estimate of drug-likeness (QED) is 0.516. The third-order valence-electron chi connectivity index (χ3n) is 3.34. The van der Waals surface area contributed by atoms with E-state index in [9.17, 15) is 9.59 Å². The SMILES string of the molecule is Cc1occc(=O)c1OC(=O)c1ccc(/N=N/c2ccccc2)cc1. The highest BCUT2D eigenvalue weighted by Gasteiger charge is 2.14. The maximum absolute atomic E-state index is 12.2. The molecular weight excluding hydrogens is 320 g/mol. The van der Waals surface area contributed by atoms with Crippen LogP contribution in [0.3, 0.4) is 0 Å². The van der Waals surface area contributed by atoms with Gasteiger partial charge in [0.25, 0.3) is 0 Å². The van der Waals surface area contributed by atoms with Crippen LogP contribution in [0.15, 0.2) is 86.4 Å². The lowest BCUT2D eigenvalue weighted by atomic mass is 10.2. The fraction of sp³-hybridized carbons (Fsp3) is 0.0526. The van der Waals surface area contributed by atoms with Gasteiger partial charge in [-0.1, -0.05) is 18.2 Å². The number of nitrogens with zero attached hydrogens (tertiary/aromatic N) is 2. The summed E-state index contributed by atoms with van der Waals surface area (Å²) in [7, 11) is 0. The minimum atomic E-state index is -0.645. The number of aryl methyl sites for hydroxylation is 1. The highest BCUT2D eigenvalue weighted by Crippen LogP contribution is 2.19. The predicted molar refractivity (Wildman–Crippen MR) is 91.7 cm³/mol. The average Bonchev–Trinajstić information content (AvgIpc) is 2.64. The average molecular weight is 334 g/mol. The Labute approximate surface area is 143 Å². The summed E-state index contributed by atoms with van der Waals surface area (Å²) in [6, 6.07) is 16.9. The molecule has 0 aliphatic carbocycles. The van der Waals surface area contributed by atoms with E-state index in [1.165, 1.54) is 12.3 Å². The zero-order valence-corrected chi connectivity index (χ0v) is 13.4. The Morgan fingerprint density at radius 3 is 2.20 bits per heavy atom. The second kappa shape index (κ2) is 7.35. The van der Waals surface area contributed by atoms with Crippen LogP contribution < -0.4 is 10.2 Å². The molecule has 0 atom stereocenters. The molecule has 6 nitrogen and oxygen atoms in total. The largest absolute Gasteiger partial charge is 0.465 e. The van der Waals surface area contributed by atoms with Crippen molar-refractivity contribution in [3.63, 3.8) is 0 Å². The number of hydrogen-bond donors (Lipinski definition) is 0. The topological polar surface area (TPSA) is 81.2 Å². The van der Waals surface area contributed by atoms with E-state index in [1.54, 1.807) is 31.2 Å². The Morgan fingerprint density at radius 2 is 1.56 bits per heavy atom. The smallest absolute Gasteiger partial charge is 0.343 e. The molecule has 0 aliphatic heterocycles. The van der Waals surface area contributed by atoms with Gasteiger partial charge in [-0.05, 0) is 43.3 Å². The highest BCUT2D eigenvalue weighted by molar-refractivity contribution is 5.91. The van der Waals surface area contributed by atoms with Gasteiger partial charge >= 0.3 is 5.97 Å². The lowest BCUT2D eigenvalue weighted by Crippen LogP contribution is -2.15. The third-order valence-corrected chi connectivity index (χ3v) is 3.34. The highest BCUT2D eigenvalue weighted by atomic mass is 16.5. The lowest BCUT2D eigenvalue weighted by Gasteiger charge is -2.05. The van der Waals surface area contributed by atoms with Crippen molar-refractivity contribution in [2.45, 2.75) is 6.92 Å². The molecule has 0 bridgehead atoms. The number of hydrogen-bond acceptors (Lipinski definition) is 6. The molecular formula is C19H14N2O4. The molecule has 2 aromatic carbocycles. The molecule has 0 amide bonds. The lowest BCUT2D eigenvalue weighted by molar-refractivity contribution is 0.0727. The van der Waals surface area contributed by atoms with Crippen molar-refractivity contribution >= 4 is 17.3 Å². The van der Waals surface area contributed by atoms with E-state index in [2.05, 4.69) is 10.2 Å². The van der Waals surface area contributed by atoms with Gasteiger partial charge in [-0.3, -0.25) is 4.79 Å². The van der Waals surface area contributed by atoms with Crippen LogP contribution in [0, 0.1) is 6.92 Å². The van der Waals surface area contributed by atoms with Crippen molar-refractivity contribution in [1.29, 1.82) is 0 Å². The van der Waals surface area contributed by atoms with Crippen LogP contribution in [-0.4, -0.2) is 5.97 Å². The maximum Gasteiger partial charge on any atom is 0.343 e. The van der Waals surface area contributed by atoms with E-state index < -0.39 is 11.4 Å². The number of benzene rings is 2. The van der Waals surface area contributed by atoms with Gasteiger partial charge in [0, 0.05) is 6.07 Å². The minimum Gasteiger partial charge on any atom is -0.465 e. The van der Waals surface area contributed by atoms with Crippen molar-refractivity contribution in [2.24, 2.45) is 10.2 Å². The molecule has 0 aliphatic rings. The Balaban J connectivity index is 1.73. The van der Waals surface area contributed by atoms with E-state index in [-0.39, 0.29) is 11.5 Å². The number of carbonyl (C=O) groups is 1. The van der Waals surface area contributed by atoms with E-state index in [4.69, 9.17) is 9.15 Å². The molecule has 0 radical (unpaired) electrons. The standard InChI is InChI=1S/C19H14N2O4/c1-13-18(17(22)11-12-24-13)25-19(23)14-7-9-16(10-8-14)21-20-15-5-3-2-4-6-15/h2-12H,1H3/b21-20+. The maximum atomic E-state index is 12.2. The number of ether oxygens (including phenoxy) is 1. The molecule has 0 fully saturated rings. The number of esters is 1. The van der Waals surface area contributed by atoms with Crippen molar-refractivity contribution in [1.82, 2.24) is 0 Å². The third kappa shape index (κ3) is 4.06. The molecule has 1 aromatic heterocycles. The molecule has 6 heteroatoms. The number of rotatable bonds is 4. The summed E-state index contributed by atoms with van der Waals surface area (Å²) in [4.78, 5) is 23.9. The Hall–Kier alpha value is -3.54. The van der Waals surface area contributed by atoms with Crippen LogP contribution in [0.1, 0.15) is 16.1 Å². The molecule has 25 heavy (non-hydrogen) atoms. The molecule has 124 valence electrons. The van der Waals surface area contributed by atoms with E-state index in [1.807, 2.05) is 30.3 Å². The molecule has 3 rings (SSSR count). The Bertz CT molecular complexity index is 961. The molecule has 0 saturated carbocycles. The van der Waals surface area contributed by atoms with Gasteiger partial charge in [-0.15, -0.1) is 0 Å². The molecule has 0 N–H and O–H groups in total. The van der Waals surface area contributed by atoms with Crippen LogP contribution in [0.4, 0.5) is 11.4 Å². The van der Waals surface area contributed by atoms with E-state index >= 15 is 0 Å². The van der Waals surface area contributed by atoms with Gasteiger partial charge in [0.05, 0.1) is 23.2 Å². The first-order chi connectivity index (χ1) is 12.1. The van der Waals surface area contributed by atoms with Gasteiger partial charge in [-0.2, -0.15) is 10.2 Å². The van der Waals surface area contributed by atoms with E-state index in [0.29, 0.717) is 11.3 Å². The van der Waals surface area contributed by atoms with Crippen LogP contribution in [0.25, 0.3) is 0 Å². The fourth-order valence-electron chi connectivity index (χ4n) is 2.05. The van der Waals surface area contributed by atoms with Crippen molar-refractivity contribution in [2.75, 3.05) is 0 Å².